The monoisotopic (exact) mass is 322 g/mol. The molecule has 130 valence electrons. The molecule has 1 atom stereocenters. The molecule has 0 bridgehead atoms. The molecule has 2 rings (SSSR count). The fraction of sp³-hybridized carbons (Fsp3) is 0.765. The third kappa shape index (κ3) is 5.86. The zero-order valence-electron chi connectivity index (χ0n) is 14.3. The van der Waals surface area contributed by atoms with Gasteiger partial charge in [-0.3, -0.25) is 4.68 Å². The number of amides is 2. The van der Waals surface area contributed by atoms with Gasteiger partial charge in [0, 0.05) is 25.4 Å². The number of nitrogens with one attached hydrogen (secondary N) is 2. The number of carbonyl (C=O) groups is 1. The molecule has 0 spiro atoms. The molecule has 1 aliphatic carbocycles. The Bertz CT molecular complexity index is 481. The first-order valence-corrected chi connectivity index (χ1v) is 8.79. The zero-order valence-corrected chi connectivity index (χ0v) is 14.3. The van der Waals surface area contributed by atoms with Crippen LogP contribution in [0.3, 0.4) is 0 Å². The van der Waals surface area contributed by atoms with Crippen molar-refractivity contribution in [1.82, 2.24) is 15.1 Å². The van der Waals surface area contributed by atoms with Crippen molar-refractivity contribution in [2.45, 2.75) is 65.0 Å². The quantitative estimate of drug-likeness (QED) is 0.722. The largest absolute Gasteiger partial charge is 0.396 e. The summed E-state index contributed by atoms with van der Waals surface area (Å²) in [6, 6.07) is -0.163. The van der Waals surface area contributed by atoms with Gasteiger partial charge in [0.05, 0.1) is 11.9 Å². The molecular weight excluding hydrogens is 292 g/mol. The van der Waals surface area contributed by atoms with E-state index in [1.54, 1.807) is 6.20 Å². The number of aromatic nitrogens is 2. The molecule has 2 amide bonds. The second-order valence-corrected chi connectivity index (χ2v) is 6.96. The van der Waals surface area contributed by atoms with Crippen LogP contribution in [0.4, 0.5) is 10.5 Å². The first-order chi connectivity index (χ1) is 11.1. The Hall–Kier alpha value is -1.56. The lowest BCUT2D eigenvalue weighted by molar-refractivity contribution is 0.202. The van der Waals surface area contributed by atoms with E-state index in [2.05, 4.69) is 29.6 Å². The summed E-state index contributed by atoms with van der Waals surface area (Å²) in [5, 5.41) is 19.4. The van der Waals surface area contributed by atoms with Crippen LogP contribution >= 0.6 is 0 Å². The average molecular weight is 322 g/mol. The predicted octanol–water partition coefficient (Wildman–Crippen LogP) is 2.99. The highest BCUT2D eigenvalue weighted by atomic mass is 16.3. The maximum absolute atomic E-state index is 12.2. The highest BCUT2D eigenvalue weighted by Gasteiger charge is 2.24. The number of carbonyl (C=O) groups excluding carboxylic acids is 1. The normalized spacial score (nSPS) is 17.2. The molecule has 1 aromatic heterocycles. The van der Waals surface area contributed by atoms with Crippen LogP contribution in [0, 0.1) is 11.8 Å². The predicted molar refractivity (Wildman–Crippen MR) is 91.3 cm³/mol. The summed E-state index contributed by atoms with van der Waals surface area (Å²) in [5.41, 5.74) is 0.703. The van der Waals surface area contributed by atoms with E-state index in [0.29, 0.717) is 23.9 Å². The highest BCUT2D eigenvalue weighted by molar-refractivity contribution is 5.89. The Labute approximate surface area is 138 Å². The van der Waals surface area contributed by atoms with Gasteiger partial charge in [-0.15, -0.1) is 0 Å². The standard InChI is InChI=1S/C17H30N4O2/c1-13(2)11-21-12-15(10-18-21)19-17(23)20-16(8-9-22)14-6-4-3-5-7-14/h10,12-14,16,22H,3-9,11H2,1-2H3,(H2,19,20,23). The van der Waals surface area contributed by atoms with Gasteiger partial charge in [0.2, 0.25) is 0 Å². The molecule has 1 aromatic rings. The van der Waals surface area contributed by atoms with E-state index in [1.807, 2.05) is 10.9 Å². The lowest BCUT2D eigenvalue weighted by Gasteiger charge is -2.30. The highest BCUT2D eigenvalue weighted by Crippen LogP contribution is 2.27. The van der Waals surface area contributed by atoms with E-state index >= 15 is 0 Å². The first kappa shape index (κ1) is 17.8. The van der Waals surface area contributed by atoms with Crippen LogP contribution < -0.4 is 10.6 Å². The van der Waals surface area contributed by atoms with Crippen LogP contribution in [0.15, 0.2) is 12.4 Å². The van der Waals surface area contributed by atoms with E-state index in [0.717, 1.165) is 19.4 Å². The molecular formula is C17H30N4O2. The summed E-state index contributed by atoms with van der Waals surface area (Å²) in [6.45, 7) is 5.20. The summed E-state index contributed by atoms with van der Waals surface area (Å²) in [6.07, 6.45) is 10.1. The number of hydrogen-bond donors (Lipinski definition) is 3. The molecule has 0 saturated heterocycles. The molecule has 1 fully saturated rings. The lowest BCUT2D eigenvalue weighted by atomic mass is 9.83. The van der Waals surface area contributed by atoms with E-state index in [1.165, 1.54) is 19.3 Å². The maximum Gasteiger partial charge on any atom is 0.319 e. The minimum Gasteiger partial charge on any atom is -0.396 e. The summed E-state index contributed by atoms with van der Waals surface area (Å²) < 4.78 is 1.84. The van der Waals surface area contributed by atoms with E-state index < -0.39 is 0 Å². The molecule has 1 aliphatic rings. The number of anilines is 1. The summed E-state index contributed by atoms with van der Waals surface area (Å²) in [7, 11) is 0. The van der Waals surface area contributed by atoms with Crippen molar-refractivity contribution in [1.29, 1.82) is 0 Å². The molecule has 23 heavy (non-hydrogen) atoms. The Morgan fingerprint density at radius 1 is 1.39 bits per heavy atom. The molecule has 1 unspecified atom stereocenters. The van der Waals surface area contributed by atoms with Crippen molar-refractivity contribution in [3.8, 4) is 0 Å². The molecule has 1 heterocycles. The number of aliphatic hydroxyl groups excluding tert-OH is 1. The van der Waals surface area contributed by atoms with Crippen LogP contribution in [0.1, 0.15) is 52.4 Å². The Balaban J connectivity index is 1.86. The van der Waals surface area contributed by atoms with Crippen molar-refractivity contribution in [2.75, 3.05) is 11.9 Å². The van der Waals surface area contributed by atoms with E-state index in [9.17, 15) is 9.90 Å². The van der Waals surface area contributed by atoms with Crippen LogP contribution in [-0.4, -0.2) is 33.6 Å². The maximum atomic E-state index is 12.2. The lowest BCUT2D eigenvalue weighted by Crippen LogP contribution is -2.43. The van der Waals surface area contributed by atoms with Gasteiger partial charge in [-0.25, -0.2) is 4.79 Å². The Morgan fingerprint density at radius 2 is 2.13 bits per heavy atom. The molecule has 6 nitrogen and oxygen atoms in total. The number of rotatable bonds is 7. The van der Waals surface area contributed by atoms with Crippen LogP contribution in [0.2, 0.25) is 0 Å². The minimum absolute atomic E-state index is 0.0472. The van der Waals surface area contributed by atoms with E-state index in [-0.39, 0.29) is 18.7 Å². The first-order valence-electron chi connectivity index (χ1n) is 8.79. The third-order valence-corrected chi connectivity index (χ3v) is 4.42. The number of urea groups is 1. The van der Waals surface area contributed by atoms with Gasteiger partial charge < -0.3 is 15.7 Å². The van der Waals surface area contributed by atoms with Gasteiger partial charge in [0.15, 0.2) is 0 Å². The number of hydrogen-bond acceptors (Lipinski definition) is 3. The van der Waals surface area contributed by atoms with Crippen molar-refractivity contribution < 1.29 is 9.90 Å². The summed E-state index contributed by atoms with van der Waals surface area (Å²) >= 11 is 0. The fourth-order valence-corrected chi connectivity index (χ4v) is 3.34. The van der Waals surface area contributed by atoms with Crippen molar-refractivity contribution in [2.24, 2.45) is 11.8 Å². The molecule has 0 radical (unpaired) electrons. The third-order valence-electron chi connectivity index (χ3n) is 4.42. The fourth-order valence-electron chi connectivity index (χ4n) is 3.34. The van der Waals surface area contributed by atoms with Gasteiger partial charge in [-0.05, 0) is 31.1 Å². The topological polar surface area (TPSA) is 79.2 Å². The Kier molecular flexibility index (Phi) is 6.89. The summed E-state index contributed by atoms with van der Waals surface area (Å²) in [5.74, 6) is 0.988. The minimum atomic E-state index is -0.210. The number of nitrogens with zero attached hydrogens (tertiary/aromatic N) is 2. The average Bonchev–Trinajstić information content (AvgIpc) is 2.93. The van der Waals surface area contributed by atoms with Gasteiger partial charge in [0.1, 0.15) is 0 Å². The van der Waals surface area contributed by atoms with Crippen LogP contribution in [-0.2, 0) is 6.54 Å². The van der Waals surface area contributed by atoms with Crippen molar-refractivity contribution in [3.05, 3.63) is 12.4 Å². The van der Waals surface area contributed by atoms with Gasteiger partial charge >= 0.3 is 6.03 Å². The molecule has 0 aromatic carbocycles. The smallest absolute Gasteiger partial charge is 0.319 e. The van der Waals surface area contributed by atoms with Gasteiger partial charge in [-0.2, -0.15) is 5.10 Å². The molecule has 3 N–H and O–H groups in total. The van der Waals surface area contributed by atoms with Crippen LogP contribution in [0.25, 0.3) is 0 Å². The zero-order chi connectivity index (χ0) is 16.7. The second-order valence-electron chi connectivity index (χ2n) is 6.96. The SMILES string of the molecule is CC(C)Cn1cc(NC(=O)NC(CCO)C2CCCCC2)cn1. The number of aliphatic hydroxyl groups is 1. The van der Waals surface area contributed by atoms with Gasteiger partial charge in [-0.1, -0.05) is 33.1 Å². The van der Waals surface area contributed by atoms with Crippen LogP contribution in [0.5, 0.6) is 0 Å². The summed E-state index contributed by atoms with van der Waals surface area (Å²) in [4.78, 5) is 12.2. The van der Waals surface area contributed by atoms with Gasteiger partial charge in [0.25, 0.3) is 0 Å². The Morgan fingerprint density at radius 3 is 2.78 bits per heavy atom. The second kappa shape index (κ2) is 8.91. The van der Waals surface area contributed by atoms with Crippen molar-refractivity contribution in [3.63, 3.8) is 0 Å². The molecule has 1 saturated carbocycles. The molecule has 6 heteroatoms. The van der Waals surface area contributed by atoms with E-state index in [4.69, 9.17) is 0 Å². The van der Waals surface area contributed by atoms with Crippen molar-refractivity contribution >= 4 is 11.7 Å². The molecule has 0 aliphatic heterocycles.